The van der Waals surface area contributed by atoms with Crippen LogP contribution in [0.15, 0.2) is 22.9 Å². The van der Waals surface area contributed by atoms with Crippen LogP contribution in [0.25, 0.3) is 11.0 Å². The third-order valence-electron chi connectivity index (χ3n) is 1.84. The molecule has 0 unspecified atom stereocenters. The molecule has 1 heterocycles. The van der Waals surface area contributed by atoms with E-state index in [4.69, 9.17) is 10.0 Å². The summed E-state index contributed by atoms with van der Waals surface area (Å²) in [5.41, 5.74) is 1.97. The number of halogens is 1. The Labute approximate surface area is 82.9 Å². The smallest absolute Gasteiger partial charge is 0.423 e. The summed E-state index contributed by atoms with van der Waals surface area (Å²) in [5.74, 6) is 0. The second-order valence-electron chi connectivity index (χ2n) is 2.64. The highest BCUT2D eigenvalue weighted by Crippen LogP contribution is 2.18. The van der Waals surface area contributed by atoms with Gasteiger partial charge in [-0.25, -0.2) is 4.98 Å². The van der Waals surface area contributed by atoms with Crippen LogP contribution in [-0.4, -0.2) is 27.1 Å². The normalized spacial score (nSPS) is 10.7. The number of aromatic amines is 1. The topological polar surface area (TPSA) is 69.1 Å². The number of fused-ring (bicyclic) bond motifs is 1. The number of aromatic nitrogens is 2. The first kappa shape index (κ1) is 8.74. The molecule has 1 aromatic heterocycles. The maximum atomic E-state index is 8.99. The van der Waals surface area contributed by atoms with E-state index < -0.39 is 7.12 Å². The molecule has 0 radical (unpaired) electrons. The lowest BCUT2D eigenvalue weighted by atomic mass is 9.80. The van der Waals surface area contributed by atoms with Gasteiger partial charge in [0.2, 0.25) is 0 Å². The van der Waals surface area contributed by atoms with Gasteiger partial charge >= 0.3 is 7.12 Å². The fraction of sp³-hybridized carbons (Fsp3) is 0. The Balaban J connectivity index is 2.73. The van der Waals surface area contributed by atoms with Gasteiger partial charge in [-0.1, -0.05) is 6.07 Å². The first-order chi connectivity index (χ1) is 6.20. The van der Waals surface area contributed by atoms with E-state index in [9.17, 15) is 0 Å². The predicted octanol–water partition coefficient (Wildman–Crippen LogP) is 0.00520. The zero-order valence-corrected chi connectivity index (χ0v) is 8.12. The number of benzene rings is 1. The van der Waals surface area contributed by atoms with Crippen LogP contribution in [0.1, 0.15) is 0 Å². The molecular weight excluding hydrogens is 235 g/mol. The molecule has 0 aliphatic carbocycles. The Hall–Kier alpha value is -0.845. The average molecular weight is 241 g/mol. The summed E-state index contributed by atoms with van der Waals surface area (Å²) >= 11 is 3.26. The Morgan fingerprint density at radius 3 is 2.85 bits per heavy atom. The Morgan fingerprint density at radius 1 is 1.38 bits per heavy atom. The van der Waals surface area contributed by atoms with Crippen molar-refractivity contribution in [1.29, 1.82) is 0 Å². The van der Waals surface area contributed by atoms with E-state index in [0.29, 0.717) is 15.5 Å². The number of nitrogens with one attached hydrogen (secondary N) is 1. The second-order valence-corrected chi connectivity index (χ2v) is 3.43. The number of hydrogen-bond acceptors (Lipinski definition) is 3. The molecular formula is C7H6BBrN2O2. The van der Waals surface area contributed by atoms with E-state index in [2.05, 4.69) is 25.9 Å². The maximum Gasteiger partial charge on any atom is 0.489 e. The summed E-state index contributed by atoms with van der Waals surface area (Å²) in [5, 5.41) is 18.0. The molecule has 3 N–H and O–H groups in total. The molecule has 13 heavy (non-hydrogen) atoms. The molecule has 0 fully saturated rings. The van der Waals surface area contributed by atoms with Gasteiger partial charge in [-0.3, -0.25) is 0 Å². The van der Waals surface area contributed by atoms with Crippen LogP contribution in [0.5, 0.6) is 0 Å². The van der Waals surface area contributed by atoms with E-state index in [1.54, 1.807) is 18.5 Å². The van der Waals surface area contributed by atoms with Gasteiger partial charge in [-0.05, 0) is 27.5 Å². The minimum absolute atomic E-state index is 0.416. The van der Waals surface area contributed by atoms with Crippen molar-refractivity contribution in [1.82, 2.24) is 9.97 Å². The lowest BCUT2D eigenvalue weighted by Crippen LogP contribution is -2.30. The Bertz CT molecular complexity index is 443. The lowest BCUT2D eigenvalue weighted by Gasteiger charge is -2.02. The summed E-state index contributed by atoms with van der Waals surface area (Å²) in [6.45, 7) is 0. The minimum Gasteiger partial charge on any atom is -0.423 e. The third kappa shape index (κ3) is 1.37. The van der Waals surface area contributed by atoms with Gasteiger partial charge in [0, 0.05) is 4.47 Å². The van der Waals surface area contributed by atoms with Gasteiger partial charge in [-0.15, -0.1) is 0 Å². The SMILES string of the molecule is OB(O)c1ccc2[nH]cnc2c1Br. The predicted molar refractivity (Wildman–Crippen MR) is 53.6 cm³/mol. The largest absolute Gasteiger partial charge is 0.489 e. The third-order valence-corrected chi connectivity index (χ3v) is 2.67. The highest BCUT2D eigenvalue weighted by atomic mass is 79.9. The average Bonchev–Trinajstić information content (AvgIpc) is 2.52. The van der Waals surface area contributed by atoms with E-state index in [1.165, 1.54) is 0 Å². The number of H-pyrrole nitrogens is 1. The molecule has 0 saturated heterocycles. The van der Waals surface area contributed by atoms with Crippen molar-refractivity contribution in [3.8, 4) is 0 Å². The lowest BCUT2D eigenvalue weighted by molar-refractivity contribution is 0.425. The van der Waals surface area contributed by atoms with Crippen molar-refractivity contribution in [2.24, 2.45) is 0 Å². The van der Waals surface area contributed by atoms with Gasteiger partial charge < -0.3 is 15.0 Å². The standard InChI is InChI=1S/C7H6BBrN2O2/c9-6-4(8(12)13)1-2-5-7(6)11-3-10-5/h1-3,12-13H,(H,10,11). The zero-order valence-electron chi connectivity index (χ0n) is 6.53. The quantitative estimate of drug-likeness (QED) is 0.615. The van der Waals surface area contributed by atoms with Gasteiger partial charge in [0.15, 0.2) is 0 Å². The van der Waals surface area contributed by atoms with Crippen molar-refractivity contribution in [2.45, 2.75) is 0 Å². The molecule has 0 aliphatic rings. The molecule has 6 heteroatoms. The molecule has 2 aromatic rings. The van der Waals surface area contributed by atoms with Crippen LogP contribution in [0, 0.1) is 0 Å². The molecule has 0 atom stereocenters. The highest BCUT2D eigenvalue weighted by molar-refractivity contribution is 9.10. The number of rotatable bonds is 1. The zero-order chi connectivity index (χ0) is 9.42. The first-order valence-corrected chi connectivity index (χ1v) is 4.47. The van der Waals surface area contributed by atoms with Gasteiger partial charge in [0.1, 0.15) is 5.52 Å². The van der Waals surface area contributed by atoms with E-state index in [0.717, 1.165) is 5.52 Å². The first-order valence-electron chi connectivity index (χ1n) is 3.68. The van der Waals surface area contributed by atoms with Gasteiger partial charge in [0.05, 0.1) is 11.8 Å². The van der Waals surface area contributed by atoms with Crippen LogP contribution in [-0.2, 0) is 0 Å². The number of hydrogen-bond donors (Lipinski definition) is 3. The fourth-order valence-corrected chi connectivity index (χ4v) is 1.84. The van der Waals surface area contributed by atoms with Crippen LogP contribution >= 0.6 is 15.9 Å². The highest BCUT2D eigenvalue weighted by Gasteiger charge is 2.17. The van der Waals surface area contributed by atoms with Crippen molar-refractivity contribution in [3.63, 3.8) is 0 Å². The van der Waals surface area contributed by atoms with Crippen molar-refractivity contribution in [3.05, 3.63) is 22.9 Å². The van der Waals surface area contributed by atoms with Crippen LogP contribution < -0.4 is 5.46 Å². The number of nitrogens with zero attached hydrogens (tertiary/aromatic N) is 1. The van der Waals surface area contributed by atoms with Crippen LogP contribution in [0.4, 0.5) is 0 Å². The molecule has 66 valence electrons. The van der Waals surface area contributed by atoms with Gasteiger partial charge in [0.25, 0.3) is 0 Å². The summed E-state index contributed by atoms with van der Waals surface area (Å²) in [7, 11) is -1.48. The summed E-state index contributed by atoms with van der Waals surface area (Å²) in [4.78, 5) is 6.96. The maximum absolute atomic E-state index is 8.99. The summed E-state index contributed by atoms with van der Waals surface area (Å²) in [6, 6.07) is 3.39. The fourth-order valence-electron chi connectivity index (χ4n) is 1.19. The van der Waals surface area contributed by atoms with Crippen molar-refractivity contribution < 1.29 is 10.0 Å². The molecule has 0 bridgehead atoms. The molecule has 2 rings (SSSR count). The van der Waals surface area contributed by atoms with Gasteiger partial charge in [-0.2, -0.15) is 0 Å². The number of imidazole rings is 1. The van der Waals surface area contributed by atoms with Crippen LogP contribution in [0.2, 0.25) is 0 Å². The molecule has 0 saturated carbocycles. The minimum atomic E-state index is -1.48. The molecule has 1 aromatic carbocycles. The Morgan fingerprint density at radius 2 is 2.15 bits per heavy atom. The molecule has 0 spiro atoms. The van der Waals surface area contributed by atoms with Crippen molar-refractivity contribution >= 4 is 39.5 Å². The molecule has 0 aliphatic heterocycles. The summed E-state index contributed by atoms with van der Waals surface area (Å²) < 4.78 is 0.612. The summed E-state index contributed by atoms with van der Waals surface area (Å²) in [6.07, 6.45) is 1.56. The monoisotopic (exact) mass is 240 g/mol. The molecule has 4 nitrogen and oxygen atoms in total. The molecule has 0 amide bonds. The van der Waals surface area contributed by atoms with E-state index in [-0.39, 0.29) is 0 Å². The van der Waals surface area contributed by atoms with E-state index >= 15 is 0 Å². The second kappa shape index (κ2) is 3.14. The van der Waals surface area contributed by atoms with E-state index in [1.807, 2.05) is 0 Å². The Kier molecular flexibility index (Phi) is 2.11. The van der Waals surface area contributed by atoms with Crippen molar-refractivity contribution in [2.75, 3.05) is 0 Å². The van der Waals surface area contributed by atoms with Crippen LogP contribution in [0.3, 0.4) is 0 Å².